The fourth-order valence-corrected chi connectivity index (χ4v) is 3.44. The molecule has 1 aliphatic heterocycles. The summed E-state index contributed by atoms with van der Waals surface area (Å²) >= 11 is 0. The van der Waals surface area contributed by atoms with Gasteiger partial charge in [0.15, 0.2) is 5.78 Å². The maximum atomic E-state index is 12.8. The number of carbonyl (C=O) groups excluding carboxylic acids is 2. The monoisotopic (exact) mass is 351 g/mol. The van der Waals surface area contributed by atoms with E-state index in [1.165, 1.54) is 6.92 Å². The maximum Gasteiger partial charge on any atom is 0.322 e. The van der Waals surface area contributed by atoms with Crippen LogP contribution in [0.5, 0.6) is 0 Å². The zero-order valence-electron chi connectivity index (χ0n) is 15.1. The molecular weight excluding hydrogens is 326 g/mol. The van der Waals surface area contributed by atoms with Crippen molar-refractivity contribution in [3.05, 3.63) is 59.9 Å². The first kappa shape index (κ1) is 18.1. The highest BCUT2D eigenvalue weighted by Crippen LogP contribution is 2.22. The Morgan fingerprint density at radius 1 is 1.19 bits per heavy atom. The molecule has 0 bridgehead atoms. The molecular formula is C21H25N3O2. The number of anilines is 1. The van der Waals surface area contributed by atoms with E-state index in [2.05, 4.69) is 10.3 Å². The molecule has 1 unspecified atom stereocenters. The van der Waals surface area contributed by atoms with Crippen LogP contribution in [-0.4, -0.2) is 34.3 Å². The van der Waals surface area contributed by atoms with Crippen LogP contribution >= 0.6 is 0 Å². The van der Waals surface area contributed by atoms with Crippen molar-refractivity contribution in [2.75, 3.05) is 11.9 Å². The number of likely N-dealkylation sites (tertiary alicyclic amines) is 1. The number of Topliss-reactive ketones (excluding diaryl/α,β-unsaturated/α-hetero) is 1. The van der Waals surface area contributed by atoms with Crippen molar-refractivity contribution in [2.24, 2.45) is 0 Å². The average Bonchev–Trinajstić information content (AvgIpc) is 2.67. The van der Waals surface area contributed by atoms with Crippen molar-refractivity contribution in [2.45, 2.75) is 45.1 Å². The molecule has 1 fully saturated rings. The molecule has 5 nitrogen and oxygen atoms in total. The highest BCUT2D eigenvalue weighted by Gasteiger charge is 2.26. The number of benzene rings is 1. The Kier molecular flexibility index (Phi) is 6.00. The van der Waals surface area contributed by atoms with Gasteiger partial charge in [0.1, 0.15) is 0 Å². The van der Waals surface area contributed by atoms with Gasteiger partial charge in [-0.05, 0) is 63.3 Å². The van der Waals surface area contributed by atoms with Crippen LogP contribution in [0.15, 0.2) is 48.7 Å². The number of aryl methyl sites for hydroxylation is 1. The van der Waals surface area contributed by atoms with E-state index < -0.39 is 0 Å². The van der Waals surface area contributed by atoms with Crippen molar-refractivity contribution < 1.29 is 9.59 Å². The van der Waals surface area contributed by atoms with E-state index in [-0.39, 0.29) is 17.9 Å². The summed E-state index contributed by atoms with van der Waals surface area (Å²) in [7, 11) is 0. The van der Waals surface area contributed by atoms with Crippen LogP contribution in [0.2, 0.25) is 0 Å². The van der Waals surface area contributed by atoms with E-state index in [4.69, 9.17) is 0 Å². The molecule has 1 atom stereocenters. The van der Waals surface area contributed by atoms with Gasteiger partial charge >= 0.3 is 6.03 Å². The number of nitrogens with one attached hydrogen (secondary N) is 1. The smallest absolute Gasteiger partial charge is 0.322 e. The summed E-state index contributed by atoms with van der Waals surface area (Å²) in [4.78, 5) is 30.6. The van der Waals surface area contributed by atoms with Crippen molar-refractivity contribution in [3.8, 4) is 0 Å². The minimum absolute atomic E-state index is 0.00712. The molecule has 1 N–H and O–H groups in total. The molecule has 2 heterocycles. The Balaban J connectivity index is 1.64. The summed E-state index contributed by atoms with van der Waals surface area (Å²) in [5.41, 5.74) is 2.33. The molecule has 2 aromatic rings. The summed E-state index contributed by atoms with van der Waals surface area (Å²) in [5.74, 6) is -0.00712. The lowest BCUT2D eigenvalue weighted by atomic mass is 9.97. The van der Waals surface area contributed by atoms with Crippen LogP contribution < -0.4 is 5.32 Å². The molecule has 136 valence electrons. The van der Waals surface area contributed by atoms with Gasteiger partial charge in [-0.1, -0.05) is 18.2 Å². The van der Waals surface area contributed by atoms with E-state index in [9.17, 15) is 9.59 Å². The van der Waals surface area contributed by atoms with Gasteiger partial charge in [0.2, 0.25) is 0 Å². The van der Waals surface area contributed by atoms with E-state index in [1.807, 2.05) is 35.4 Å². The van der Waals surface area contributed by atoms with E-state index in [0.717, 1.165) is 44.3 Å². The predicted molar refractivity (Wildman–Crippen MR) is 102 cm³/mol. The van der Waals surface area contributed by atoms with Gasteiger partial charge < -0.3 is 10.2 Å². The Morgan fingerprint density at radius 2 is 2.08 bits per heavy atom. The van der Waals surface area contributed by atoms with Gasteiger partial charge in [0, 0.05) is 35.7 Å². The number of aromatic nitrogens is 1. The first-order valence-corrected chi connectivity index (χ1v) is 9.22. The summed E-state index contributed by atoms with van der Waals surface area (Å²) < 4.78 is 0. The Hall–Kier alpha value is -2.69. The van der Waals surface area contributed by atoms with Crippen LogP contribution in [0, 0.1) is 0 Å². The quantitative estimate of drug-likeness (QED) is 0.817. The molecule has 1 aliphatic rings. The van der Waals surface area contributed by atoms with Crippen LogP contribution in [0.3, 0.4) is 0 Å². The highest BCUT2D eigenvalue weighted by molar-refractivity contribution is 5.96. The molecule has 0 spiro atoms. The number of rotatable bonds is 5. The molecule has 0 saturated carbocycles. The third kappa shape index (κ3) is 4.69. The summed E-state index contributed by atoms with van der Waals surface area (Å²) in [6.07, 6.45) is 6.79. The fraction of sp³-hybridized carbons (Fsp3) is 0.381. The lowest BCUT2D eigenvalue weighted by Crippen LogP contribution is -2.46. The van der Waals surface area contributed by atoms with Crippen LogP contribution in [0.1, 0.15) is 48.7 Å². The second-order valence-corrected chi connectivity index (χ2v) is 6.77. The van der Waals surface area contributed by atoms with E-state index >= 15 is 0 Å². The zero-order chi connectivity index (χ0) is 18.4. The Labute approximate surface area is 154 Å². The Morgan fingerprint density at radius 3 is 2.85 bits per heavy atom. The third-order valence-corrected chi connectivity index (χ3v) is 4.87. The number of amides is 2. The molecule has 5 heteroatoms. The second-order valence-electron chi connectivity index (χ2n) is 6.77. The largest absolute Gasteiger partial charge is 0.322 e. The Bertz CT molecular complexity index is 761. The first-order valence-electron chi connectivity index (χ1n) is 9.22. The second kappa shape index (κ2) is 8.61. The third-order valence-electron chi connectivity index (χ3n) is 4.87. The molecule has 1 aromatic carbocycles. The number of piperidine rings is 1. The SMILES string of the molecule is CC(=O)c1cccc(NC(=O)N2CCCCC2CCc2ccccn2)c1. The lowest BCUT2D eigenvalue weighted by Gasteiger charge is -2.35. The molecule has 0 radical (unpaired) electrons. The number of hydrogen-bond donors (Lipinski definition) is 1. The molecule has 0 aliphatic carbocycles. The predicted octanol–water partition coefficient (Wildman–Crippen LogP) is 4.30. The van der Waals surface area contributed by atoms with Crippen molar-refractivity contribution in [1.29, 1.82) is 0 Å². The molecule has 3 rings (SSSR count). The number of nitrogens with zero attached hydrogens (tertiary/aromatic N) is 2. The van der Waals surface area contributed by atoms with E-state index in [0.29, 0.717) is 11.3 Å². The van der Waals surface area contributed by atoms with Crippen LogP contribution in [-0.2, 0) is 6.42 Å². The van der Waals surface area contributed by atoms with E-state index in [1.54, 1.807) is 18.2 Å². The number of urea groups is 1. The first-order chi connectivity index (χ1) is 12.6. The molecule has 2 amide bonds. The molecule has 26 heavy (non-hydrogen) atoms. The number of pyridine rings is 1. The summed E-state index contributed by atoms with van der Waals surface area (Å²) in [5, 5.41) is 2.95. The maximum absolute atomic E-state index is 12.8. The number of ketones is 1. The molecule has 1 aromatic heterocycles. The molecule has 1 saturated heterocycles. The normalized spacial score (nSPS) is 17.0. The van der Waals surface area contributed by atoms with Gasteiger partial charge in [0.25, 0.3) is 0 Å². The summed E-state index contributed by atoms with van der Waals surface area (Å²) in [6, 6.07) is 13.2. The lowest BCUT2D eigenvalue weighted by molar-refractivity contribution is 0.101. The van der Waals surface area contributed by atoms with Crippen molar-refractivity contribution >= 4 is 17.5 Å². The minimum Gasteiger partial charge on any atom is -0.322 e. The number of carbonyl (C=O) groups is 2. The van der Waals surface area contributed by atoms with Crippen molar-refractivity contribution in [3.63, 3.8) is 0 Å². The zero-order valence-corrected chi connectivity index (χ0v) is 15.1. The van der Waals surface area contributed by atoms with Gasteiger partial charge in [-0.25, -0.2) is 4.79 Å². The summed E-state index contributed by atoms with van der Waals surface area (Å²) in [6.45, 7) is 2.30. The van der Waals surface area contributed by atoms with Crippen molar-refractivity contribution in [1.82, 2.24) is 9.88 Å². The van der Waals surface area contributed by atoms with Gasteiger partial charge in [-0.15, -0.1) is 0 Å². The topological polar surface area (TPSA) is 62.3 Å². The standard InChI is InChI=1S/C21H25N3O2/c1-16(25)17-7-6-9-19(15-17)23-21(26)24-14-5-3-10-20(24)12-11-18-8-2-4-13-22-18/h2,4,6-9,13,15,20H,3,5,10-12,14H2,1H3,(H,23,26). The average molecular weight is 351 g/mol. The van der Waals surface area contributed by atoms with Crippen LogP contribution in [0.25, 0.3) is 0 Å². The fourth-order valence-electron chi connectivity index (χ4n) is 3.44. The van der Waals surface area contributed by atoms with Crippen LogP contribution in [0.4, 0.5) is 10.5 Å². The highest BCUT2D eigenvalue weighted by atomic mass is 16.2. The van der Waals surface area contributed by atoms with Gasteiger partial charge in [-0.3, -0.25) is 9.78 Å². The van der Waals surface area contributed by atoms with Gasteiger partial charge in [0.05, 0.1) is 0 Å². The van der Waals surface area contributed by atoms with Gasteiger partial charge in [-0.2, -0.15) is 0 Å². The minimum atomic E-state index is -0.0866. The number of hydrogen-bond acceptors (Lipinski definition) is 3.